The number of phenols is 14. The third kappa shape index (κ3) is 7.83. The lowest BCUT2D eigenvalue weighted by Crippen LogP contribution is -2.02. The monoisotopic (exact) mass is 752 g/mol. The molecule has 0 spiro atoms. The van der Waals surface area contributed by atoms with Gasteiger partial charge in [0.25, 0.3) is 0 Å². The Labute approximate surface area is 312 Å². The van der Waals surface area contributed by atoms with Crippen LogP contribution in [0.25, 0.3) is 0 Å². The summed E-state index contributed by atoms with van der Waals surface area (Å²) < 4.78 is 0. The van der Waals surface area contributed by atoms with Crippen molar-refractivity contribution in [2.24, 2.45) is 0 Å². The van der Waals surface area contributed by atoms with Gasteiger partial charge in [0.2, 0.25) is 0 Å². The highest BCUT2D eigenvalue weighted by atomic mass is 16.3. The number of rotatable bonds is 10. The van der Waals surface area contributed by atoms with Crippen LogP contribution >= 0.6 is 0 Å². The molecule has 0 aliphatic rings. The third-order valence-electron chi connectivity index (χ3n) is 9.29. The number of benzene rings is 6. The minimum atomic E-state index is -0.562. The zero-order chi connectivity index (χ0) is 39.9. The Morgan fingerprint density at radius 2 is 0.400 bits per heavy atom. The van der Waals surface area contributed by atoms with Crippen LogP contribution in [-0.4, -0.2) is 71.5 Å². The Hall–Kier alpha value is -7.48. The molecule has 0 atom stereocenters. The molecule has 0 saturated heterocycles. The van der Waals surface area contributed by atoms with Crippen molar-refractivity contribution in [2.45, 2.75) is 32.1 Å². The van der Waals surface area contributed by atoms with E-state index in [-0.39, 0.29) is 111 Å². The van der Waals surface area contributed by atoms with Crippen molar-refractivity contribution in [1.82, 2.24) is 0 Å². The predicted octanol–water partition coefficient (Wildman–Crippen LogP) is 5.52. The number of hydrogen-bond donors (Lipinski definition) is 14. The molecule has 6 rings (SSSR count). The second-order valence-corrected chi connectivity index (χ2v) is 13.3. The van der Waals surface area contributed by atoms with E-state index in [9.17, 15) is 71.5 Å². The molecule has 14 heteroatoms. The molecule has 0 aliphatic carbocycles. The fourth-order valence-corrected chi connectivity index (χ4v) is 6.47. The van der Waals surface area contributed by atoms with Crippen LogP contribution < -0.4 is 0 Å². The quantitative estimate of drug-likeness (QED) is 0.0606. The van der Waals surface area contributed by atoms with Crippen molar-refractivity contribution in [3.05, 3.63) is 128 Å². The van der Waals surface area contributed by atoms with Crippen molar-refractivity contribution in [3.63, 3.8) is 0 Å². The molecule has 0 saturated carbocycles. The molecule has 0 amide bonds. The molecule has 0 aliphatic heterocycles. The summed E-state index contributed by atoms with van der Waals surface area (Å²) in [7, 11) is 0. The van der Waals surface area contributed by atoms with Crippen LogP contribution in [-0.2, 0) is 32.1 Å². The summed E-state index contributed by atoms with van der Waals surface area (Å²) in [6, 6.07) is 14.7. The average Bonchev–Trinajstić information content (AvgIpc) is 3.11. The van der Waals surface area contributed by atoms with Crippen molar-refractivity contribution in [2.75, 3.05) is 0 Å². The maximum absolute atomic E-state index is 11.5. The first-order chi connectivity index (χ1) is 26.0. The summed E-state index contributed by atoms with van der Waals surface area (Å²) in [5.41, 5.74) is 2.59. The van der Waals surface area contributed by atoms with Gasteiger partial charge in [0.1, 0.15) is 34.5 Å². The lowest BCUT2D eigenvalue weighted by molar-refractivity contribution is 0.394. The van der Waals surface area contributed by atoms with Gasteiger partial charge in [-0.3, -0.25) is 0 Å². The summed E-state index contributed by atoms with van der Waals surface area (Å²) in [5.74, 6) is -6.33. The van der Waals surface area contributed by atoms with Gasteiger partial charge in [0.15, 0.2) is 46.0 Å². The highest BCUT2D eigenvalue weighted by Gasteiger charge is 2.20. The van der Waals surface area contributed by atoms with Gasteiger partial charge in [-0.2, -0.15) is 0 Å². The van der Waals surface area contributed by atoms with Gasteiger partial charge in [-0.15, -0.1) is 0 Å². The molecule has 14 N–H and O–H groups in total. The molecular weight excluding hydrogens is 716 g/mol. The third-order valence-corrected chi connectivity index (χ3v) is 9.29. The van der Waals surface area contributed by atoms with Crippen LogP contribution in [0, 0.1) is 0 Å². The van der Waals surface area contributed by atoms with Crippen molar-refractivity contribution < 1.29 is 71.5 Å². The molecule has 0 fully saturated rings. The standard InChI is InChI=1S/C41H36O14/c42-28-14-36(50)32(46)10-20(28)6-24-2-18(3-25(40(24)54)7-21-11-33(47)37(51)15-29(21)43)1-19-4-26(8-22-12-34(48)38(52)16-30(22)44)41(55)27(5-19)9-23-13-35(49)39(53)17-31(23)45/h2-5,10-17,42-55H,1,6-9H2. The second-order valence-electron chi connectivity index (χ2n) is 13.3. The first-order valence-corrected chi connectivity index (χ1v) is 16.6. The smallest absolute Gasteiger partial charge is 0.161 e. The predicted molar refractivity (Wildman–Crippen MR) is 196 cm³/mol. The van der Waals surface area contributed by atoms with Gasteiger partial charge in [-0.05, 0) is 64.1 Å². The van der Waals surface area contributed by atoms with E-state index < -0.39 is 46.0 Å². The van der Waals surface area contributed by atoms with E-state index >= 15 is 0 Å². The van der Waals surface area contributed by atoms with Crippen molar-refractivity contribution in [3.8, 4) is 80.5 Å². The van der Waals surface area contributed by atoms with Gasteiger partial charge in [0.05, 0.1) is 0 Å². The molecular formula is C41H36O14. The Morgan fingerprint density at radius 1 is 0.200 bits per heavy atom. The van der Waals surface area contributed by atoms with Gasteiger partial charge in [-0.25, -0.2) is 0 Å². The molecule has 14 nitrogen and oxygen atoms in total. The lowest BCUT2D eigenvalue weighted by atomic mass is 9.89. The molecule has 0 aromatic heterocycles. The van der Waals surface area contributed by atoms with E-state index in [0.717, 1.165) is 48.5 Å². The second kappa shape index (κ2) is 14.5. The topological polar surface area (TPSA) is 283 Å². The number of hydrogen-bond acceptors (Lipinski definition) is 14. The SMILES string of the molecule is Oc1cc(O)c(Cc2cc(Cc3cc(Cc4cc(O)c(O)cc4O)c(O)c(Cc4cc(O)c(O)cc4O)c3)cc(Cc3cc(O)c(O)cc3O)c2O)cc1O. The first-order valence-electron chi connectivity index (χ1n) is 16.6. The molecule has 0 radical (unpaired) electrons. The van der Waals surface area contributed by atoms with Crippen LogP contribution in [0.1, 0.15) is 55.6 Å². The lowest BCUT2D eigenvalue weighted by Gasteiger charge is -2.18. The Bertz CT molecular complexity index is 2140. The van der Waals surface area contributed by atoms with Crippen LogP contribution in [0.5, 0.6) is 80.5 Å². The minimum Gasteiger partial charge on any atom is -0.508 e. The van der Waals surface area contributed by atoms with Gasteiger partial charge in [-0.1, -0.05) is 24.3 Å². The van der Waals surface area contributed by atoms with Crippen LogP contribution in [0.2, 0.25) is 0 Å². The average molecular weight is 753 g/mol. The summed E-state index contributed by atoms with van der Waals surface area (Å²) in [4.78, 5) is 0. The maximum atomic E-state index is 11.5. The Kier molecular flexibility index (Phi) is 9.83. The zero-order valence-electron chi connectivity index (χ0n) is 28.7. The van der Waals surface area contributed by atoms with Crippen LogP contribution in [0.15, 0.2) is 72.8 Å². The van der Waals surface area contributed by atoms with E-state index in [0.29, 0.717) is 11.1 Å². The molecule has 0 unspecified atom stereocenters. The van der Waals surface area contributed by atoms with Crippen LogP contribution in [0.4, 0.5) is 0 Å². The Balaban J connectivity index is 1.48. The fraction of sp³-hybridized carbons (Fsp3) is 0.122. The van der Waals surface area contributed by atoms with E-state index in [4.69, 9.17) is 0 Å². The summed E-state index contributed by atoms with van der Waals surface area (Å²) in [6.45, 7) is 0. The largest absolute Gasteiger partial charge is 0.508 e. The highest BCUT2D eigenvalue weighted by molar-refractivity contribution is 5.58. The van der Waals surface area contributed by atoms with Gasteiger partial charge in [0, 0.05) is 72.2 Å². The van der Waals surface area contributed by atoms with Gasteiger partial charge >= 0.3 is 0 Å². The molecule has 6 aromatic rings. The number of phenolic OH excluding ortho intramolecular Hbond substituents is 14. The fourth-order valence-electron chi connectivity index (χ4n) is 6.47. The number of aromatic hydroxyl groups is 14. The summed E-state index contributed by atoms with van der Waals surface area (Å²) in [5, 5.41) is 145. The molecule has 6 aromatic carbocycles. The molecule has 0 bridgehead atoms. The summed E-state index contributed by atoms with van der Waals surface area (Å²) >= 11 is 0. The van der Waals surface area contributed by atoms with E-state index in [1.165, 1.54) is 0 Å². The molecule has 284 valence electrons. The zero-order valence-corrected chi connectivity index (χ0v) is 28.7. The molecule has 55 heavy (non-hydrogen) atoms. The van der Waals surface area contributed by atoms with E-state index in [1.807, 2.05) is 0 Å². The van der Waals surface area contributed by atoms with E-state index in [2.05, 4.69) is 0 Å². The Morgan fingerprint density at radius 3 is 0.618 bits per heavy atom. The maximum Gasteiger partial charge on any atom is 0.161 e. The van der Waals surface area contributed by atoms with Crippen molar-refractivity contribution >= 4 is 0 Å². The van der Waals surface area contributed by atoms with Gasteiger partial charge < -0.3 is 71.5 Å². The first kappa shape index (κ1) is 37.3. The summed E-state index contributed by atoms with van der Waals surface area (Å²) in [6.07, 6.45) is -0.534. The van der Waals surface area contributed by atoms with Crippen molar-refractivity contribution in [1.29, 1.82) is 0 Å². The molecule has 0 heterocycles. The minimum absolute atomic E-state index is 0.0831. The normalized spacial score (nSPS) is 11.2. The highest BCUT2D eigenvalue weighted by Crippen LogP contribution is 2.41. The van der Waals surface area contributed by atoms with Crippen LogP contribution in [0.3, 0.4) is 0 Å². The van der Waals surface area contributed by atoms with E-state index in [1.54, 1.807) is 24.3 Å².